The first-order valence-electron chi connectivity index (χ1n) is 5.92. The van der Waals surface area contributed by atoms with E-state index in [4.69, 9.17) is 4.74 Å². The maximum Gasteiger partial charge on any atom is 0.326 e. The molecule has 19 heavy (non-hydrogen) atoms. The highest BCUT2D eigenvalue weighted by Crippen LogP contribution is 2.17. The Morgan fingerprint density at radius 1 is 1.26 bits per heavy atom. The molecule has 0 heterocycles. The summed E-state index contributed by atoms with van der Waals surface area (Å²) in [5, 5.41) is 0. The number of hydrogen-bond donors (Lipinski definition) is 0. The number of hydrogen-bond acceptors (Lipinski definition) is 3. The Balaban J connectivity index is 2.69. The Morgan fingerprint density at radius 3 is 2.37 bits per heavy atom. The standard InChI is InChI=1S/C14H18BrNO3/c1-14(2,3)19-12(17)9-16(4)13(18)10-7-5-6-8-11(10)15/h5-8H,9H2,1-4H3. The smallest absolute Gasteiger partial charge is 0.326 e. The van der Waals surface area contributed by atoms with Crippen molar-refractivity contribution in [2.45, 2.75) is 26.4 Å². The van der Waals surface area contributed by atoms with Crippen LogP contribution in [-0.4, -0.2) is 36.0 Å². The zero-order chi connectivity index (χ0) is 14.6. The van der Waals surface area contributed by atoms with Crippen LogP contribution in [0, 0.1) is 0 Å². The van der Waals surface area contributed by atoms with Crippen molar-refractivity contribution in [1.29, 1.82) is 0 Å². The molecule has 0 aliphatic heterocycles. The van der Waals surface area contributed by atoms with Crippen LogP contribution < -0.4 is 0 Å². The predicted molar refractivity (Wildman–Crippen MR) is 76.9 cm³/mol. The number of likely N-dealkylation sites (N-methyl/N-ethyl adjacent to an activating group) is 1. The van der Waals surface area contributed by atoms with Gasteiger partial charge in [0.05, 0.1) is 5.56 Å². The van der Waals surface area contributed by atoms with E-state index in [-0.39, 0.29) is 12.5 Å². The highest BCUT2D eigenvalue weighted by Gasteiger charge is 2.21. The van der Waals surface area contributed by atoms with Crippen LogP contribution >= 0.6 is 15.9 Å². The highest BCUT2D eigenvalue weighted by atomic mass is 79.9. The van der Waals surface area contributed by atoms with Gasteiger partial charge in [-0.25, -0.2) is 0 Å². The first-order valence-corrected chi connectivity index (χ1v) is 6.72. The van der Waals surface area contributed by atoms with Gasteiger partial charge in [-0.2, -0.15) is 0 Å². The quantitative estimate of drug-likeness (QED) is 0.802. The van der Waals surface area contributed by atoms with Crippen LogP contribution in [0.15, 0.2) is 28.7 Å². The molecule has 0 radical (unpaired) electrons. The summed E-state index contributed by atoms with van der Waals surface area (Å²) < 4.78 is 5.88. The van der Waals surface area contributed by atoms with Gasteiger partial charge in [0.25, 0.3) is 5.91 Å². The lowest BCUT2D eigenvalue weighted by Gasteiger charge is -2.22. The number of ether oxygens (including phenoxy) is 1. The fourth-order valence-corrected chi connectivity index (χ4v) is 1.93. The Hall–Kier alpha value is -1.36. The zero-order valence-electron chi connectivity index (χ0n) is 11.6. The number of carbonyl (C=O) groups excluding carboxylic acids is 2. The van der Waals surface area contributed by atoms with Crippen molar-refractivity contribution in [2.75, 3.05) is 13.6 Å². The summed E-state index contributed by atoms with van der Waals surface area (Å²) in [6.45, 7) is 5.30. The number of nitrogens with zero attached hydrogens (tertiary/aromatic N) is 1. The number of benzene rings is 1. The lowest BCUT2D eigenvalue weighted by molar-refractivity contribution is -0.155. The molecule has 0 aromatic heterocycles. The summed E-state index contributed by atoms with van der Waals surface area (Å²) in [5.74, 6) is -0.645. The van der Waals surface area contributed by atoms with Gasteiger partial charge in [-0.15, -0.1) is 0 Å². The molecular weight excluding hydrogens is 310 g/mol. The molecular formula is C14H18BrNO3. The average Bonchev–Trinajstić information content (AvgIpc) is 2.26. The van der Waals surface area contributed by atoms with Crippen molar-refractivity contribution in [1.82, 2.24) is 4.90 Å². The molecule has 0 aliphatic rings. The second-order valence-electron chi connectivity index (χ2n) is 5.23. The monoisotopic (exact) mass is 327 g/mol. The van der Waals surface area contributed by atoms with Crippen LogP contribution in [0.4, 0.5) is 0 Å². The number of amides is 1. The van der Waals surface area contributed by atoms with E-state index >= 15 is 0 Å². The third-order valence-corrected chi connectivity index (χ3v) is 2.93. The molecule has 1 rings (SSSR count). The third kappa shape index (κ3) is 5.03. The van der Waals surface area contributed by atoms with Gasteiger partial charge in [0.15, 0.2) is 0 Å². The van der Waals surface area contributed by atoms with E-state index in [0.717, 1.165) is 0 Å². The lowest BCUT2D eigenvalue weighted by Crippen LogP contribution is -2.36. The van der Waals surface area contributed by atoms with E-state index in [1.165, 1.54) is 4.90 Å². The minimum Gasteiger partial charge on any atom is -0.459 e. The molecule has 0 atom stereocenters. The van der Waals surface area contributed by atoms with E-state index in [1.54, 1.807) is 46.0 Å². The van der Waals surface area contributed by atoms with E-state index in [1.807, 2.05) is 6.07 Å². The first-order chi connectivity index (χ1) is 8.70. The van der Waals surface area contributed by atoms with Crippen molar-refractivity contribution < 1.29 is 14.3 Å². The van der Waals surface area contributed by atoms with Gasteiger partial charge >= 0.3 is 5.97 Å². The molecule has 0 bridgehead atoms. The zero-order valence-corrected chi connectivity index (χ0v) is 13.2. The summed E-state index contributed by atoms with van der Waals surface area (Å²) in [4.78, 5) is 25.2. The van der Waals surface area contributed by atoms with Crippen molar-refractivity contribution in [2.24, 2.45) is 0 Å². The fourth-order valence-electron chi connectivity index (χ4n) is 1.48. The Kier molecular flexibility index (Phi) is 5.11. The molecule has 5 heteroatoms. The van der Waals surface area contributed by atoms with Gasteiger partial charge in [-0.3, -0.25) is 9.59 Å². The molecule has 0 N–H and O–H groups in total. The van der Waals surface area contributed by atoms with Gasteiger partial charge in [-0.1, -0.05) is 12.1 Å². The molecule has 0 aliphatic carbocycles. The molecule has 0 unspecified atom stereocenters. The SMILES string of the molecule is CN(CC(=O)OC(C)(C)C)C(=O)c1ccccc1Br. The van der Waals surface area contributed by atoms with E-state index in [9.17, 15) is 9.59 Å². The molecule has 0 saturated heterocycles. The van der Waals surface area contributed by atoms with Crippen LogP contribution in [0.3, 0.4) is 0 Å². The molecule has 0 saturated carbocycles. The Labute approximate surface area is 121 Å². The van der Waals surface area contributed by atoms with E-state index < -0.39 is 11.6 Å². The maximum absolute atomic E-state index is 12.2. The third-order valence-electron chi connectivity index (χ3n) is 2.24. The first kappa shape index (κ1) is 15.7. The fraction of sp³-hybridized carbons (Fsp3) is 0.429. The lowest BCUT2D eigenvalue weighted by atomic mass is 10.2. The van der Waals surface area contributed by atoms with Crippen molar-refractivity contribution in [3.8, 4) is 0 Å². The van der Waals surface area contributed by atoms with Crippen LogP contribution in [0.1, 0.15) is 31.1 Å². The summed E-state index contributed by atoms with van der Waals surface area (Å²) in [7, 11) is 1.58. The van der Waals surface area contributed by atoms with Gasteiger partial charge in [0.2, 0.25) is 0 Å². The second kappa shape index (κ2) is 6.19. The Bertz CT molecular complexity index is 480. The molecule has 0 fully saturated rings. The minimum absolute atomic E-state index is 0.0720. The van der Waals surface area contributed by atoms with Gasteiger partial charge in [0.1, 0.15) is 12.1 Å². The summed E-state index contributed by atoms with van der Waals surface area (Å²) in [5.41, 5.74) is -0.0255. The van der Waals surface area contributed by atoms with E-state index in [2.05, 4.69) is 15.9 Å². The number of rotatable bonds is 3. The number of halogens is 1. The maximum atomic E-state index is 12.2. The molecule has 4 nitrogen and oxygen atoms in total. The van der Waals surface area contributed by atoms with E-state index in [0.29, 0.717) is 10.0 Å². The molecule has 104 valence electrons. The highest BCUT2D eigenvalue weighted by molar-refractivity contribution is 9.10. The largest absolute Gasteiger partial charge is 0.459 e. The van der Waals surface area contributed by atoms with Gasteiger partial charge in [-0.05, 0) is 48.8 Å². The van der Waals surface area contributed by atoms with Crippen LogP contribution in [0.2, 0.25) is 0 Å². The normalized spacial score (nSPS) is 11.0. The second-order valence-corrected chi connectivity index (χ2v) is 6.08. The topological polar surface area (TPSA) is 46.6 Å². The predicted octanol–water partition coefficient (Wildman–Crippen LogP) is 2.86. The van der Waals surface area contributed by atoms with Crippen molar-refractivity contribution >= 4 is 27.8 Å². The molecule has 0 spiro atoms. The molecule has 1 aromatic rings. The summed E-state index contributed by atoms with van der Waals surface area (Å²) in [6, 6.07) is 7.10. The van der Waals surface area contributed by atoms with Gasteiger partial charge < -0.3 is 9.64 Å². The Morgan fingerprint density at radius 2 is 1.84 bits per heavy atom. The molecule has 1 aromatic carbocycles. The van der Waals surface area contributed by atoms with Gasteiger partial charge in [0, 0.05) is 11.5 Å². The van der Waals surface area contributed by atoms with Crippen LogP contribution in [0.5, 0.6) is 0 Å². The number of esters is 1. The van der Waals surface area contributed by atoms with Crippen LogP contribution in [-0.2, 0) is 9.53 Å². The minimum atomic E-state index is -0.547. The van der Waals surface area contributed by atoms with Crippen molar-refractivity contribution in [3.63, 3.8) is 0 Å². The average molecular weight is 328 g/mol. The molecule has 1 amide bonds. The van der Waals surface area contributed by atoms with Crippen LogP contribution in [0.25, 0.3) is 0 Å². The summed E-state index contributed by atoms with van der Waals surface area (Å²) >= 11 is 3.32. The van der Waals surface area contributed by atoms with Crippen molar-refractivity contribution in [3.05, 3.63) is 34.3 Å². The number of carbonyl (C=O) groups is 2. The summed E-state index contributed by atoms with van der Waals surface area (Å²) in [6.07, 6.45) is 0.